The second kappa shape index (κ2) is 5.33. The van der Waals surface area contributed by atoms with Gasteiger partial charge in [-0.15, -0.1) is 0 Å². The first-order chi connectivity index (χ1) is 8.59. The van der Waals surface area contributed by atoms with Gasteiger partial charge in [0.25, 0.3) is 5.69 Å². The Hall–Kier alpha value is -1.65. The SMILES string of the molecule is Cc1cc(N2CCCCCC2)c(F)cc1[N+](=O)[O-]. The van der Waals surface area contributed by atoms with E-state index in [1.54, 1.807) is 13.0 Å². The maximum Gasteiger partial charge on any atom is 0.275 e. The molecule has 5 heteroatoms. The van der Waals surface area contributed by atoms with Crippen LogP contribution in [0.5, 0.6) is 0 Å². The lowest BCUT2D eigenvalue weighted by Gasteiger charge is -2.23. The standard InChI is InChI=1S/C13H17FN2O2/c1-10-8-13(11(14)9-12(10)16(17)18)15-6-4-2-3-5-7-15/h8-9H,2-7H2,1H3. The van der Waals surface area contributed by atoms with E-state index in [9.17, 15) is 14.5 Å². The fraction of sp³-hybridized carbons (Fsp3) is 0.538. The van der Waals surface area contributed by atoms with Crippen molar-refractivity contribution >= 4 is 11.4 Å². The largest absolute Gasteiger partial charge is 0.369 e. The van der Waals surface area contributed by atoms with Gasteiger partial charge < -0.3 is 4.90 Å². The highest BCUT2D eigenvalue weighted by atomic mass is 19.1. The van der Waals surface area contributed by atoms with Gasteiger partial charge in [0.2, 0.25) is 0 Å². The number of halogens is 1. The van der Waals surface area contributed by atoms with Crippen molar-refractivity contribution in [3.05, 3.63) is 33.6 Å². The topological polar surface area (TPSA) is 46.4 Å². The molecule has 1 heterocycles. The summed E-state index contributed by atoms with van der Waals surface area (Å²) in [5.41, 5.74) is 0.867. The first-order valence-electron chi connectivity index (χ1n) is 6.29. The monoisotopic (exact) mass is 252 g/mol. The molecule has 0 amide bonds. The molecule has 1 aliphatic rings. The maximum absolute atomic E-state index is 14.0. The van der Waals surface area contributed by atoms with Gasteiger partial charge in [-0.1, -0.05) is 12.8 Å². The number of nitrogens with zero attached hydrogens (tertiary/aromatic N) is 2. The maximum atomic E-state index is 14.0. The molecule has 0 atom stereocenters. The van der Waals surface area contributed by atoms with Crippen LogP contribution < -0.4 is 4.90 Å². The predicted molar refractivity (Wildman–Crippen MR) is 68.5 cm³/mol. The van der Waals surface area contributed by atoms with E-state index in [1.807, 2.05) is 4.90 Å². The molecule has 1 fully saturated rings. The summed E-state index contributed by atoms with van der Waals surface area (Å²) in [5, 5.41) is 10.7. The quantitative estimate of drug-likeness (QED) is 0.598. The minimum Gasteiger partial charge on any atom is -0.369 e. The van der Waals surface area contributed by atoms with Gasteiger partial charge in [0.15, 0.2) is 5.82 Å². The van der Waals surface area contributed by atoms with Crippen molar-refractivity contribution in [2.45, 2.75) is 32.6 Å². The number of anilines is 1. The van der Waals surface area contributed by atoms with Gasteiger partial charge in [0.1, 0.15) is 0 Å². The fourth-order valence-electron chi connectivity index (χ4n) is 2.41. The van der Waals surface area contributed by atoms with Crippen molar-refractivity contribution in [3.63, 3.8) is 0 Å². The van der Waals surface area contributed by atoms with E-state index in [2.05, 4.69) is 0 Å². The van der Waals surface area contributed by atoms with Gasteiger partial charge in [-0.3, -0.25) is 10.1 Å². The number of benzene rings is 1. The smallest absolute Gasteiger partial charge is 0.275 e. The molecule has 1 aliphatic heterocycles. The highest BCUT2D eigenvalue weighted by Gasteiger charge is 2.19. The van der Waals surface area contributed by atoms with Gasteiger partial charge in [-0.05, 0) is 25.8 Å². The third kappa shape index (κ3) is 2.60. The highest BCUT2D eigenvalue weighted by molar-refractivity contribution is 5.56. The summed E-state index contributed by atoms with van der Waals surface area (Å²) in [6.45, 7) is 3.31. The Morgan fingerprint density at radius 1 is 1.22 bits per heavy atom. The first kappa shape index (κ1) is 12.8. The first-order valence-corrected chi connectivity index (χ1v) is 6.29. The van der Waals surface area contributed by atoms with Crippen LogP contribution in [-0.4, -0.2) is 18.0 Å². The Morgan fingerprint density at radius 3 is 2.39 bits per heavy atom. The van der Waals surface area contributed by atoms with Crippen LogP contribution in [0.4, 0.5) is 15.8 Å². The average molecular weight is 252 g/mol. The van der Waals surface area contributed by atoms with E-state index >= 15 is 0 Å². The summed E-state index contributed by atoms with van der Waals surface area (Å²) in [5.74, 6) is -0.491. The fourth-order valence-corrected chi connectivity index (χ4v) is 2.41. The van der Waals surface area contributed by atoms with Crippen LogP contribution in [0.2, 0.25) is 0 Å². The molecule has 1 aromatic rings. The van der Waals surface area contributed by atoms with Gasteiger partial charge in [-0.2, -0.15) is 0 Å². The molecular weight excluding hydrogens is 235 g/mol. The second-order valence-corrected chi connectivity index (χ2v) is 4.75. The van der Waals surface area contributed by atoms with Crippen molar-refractivity contribution < 1.29 is 9.31 Å². The average Bonchev–Trinajstić information content (AvgIpc) is 2.60. The summed E-state index contributed by atoms with van der Waals surface area (Å²) >= 11 is 0. The van der Waals surface area contributed by atoms with E-state index < -0.39 is 10.7 Å². The lowest BCUT2D eigenvalue weighted by atomic mass is 10.1. The van der Waals surface area contributed by atoms with Crippen molar-refractivity contribution in [1.82, 2.24) is 0 Å². The Balaban J connectivity index is 2.33. The lowest BCUT2D eigenvalue weighted by molar-refractivity contribution is -0.385. The summed E-state index contributed by atoms with van der Waals surface area (Å²) in [6, 6.07) is 2.63. The van der Waals surface area contributed by atoms with E-state index in [-0.39, 0.29) is 5.69 Å². The number of nitro benzene ring substituents is 1. The molecule has 0 radical (unpaired) electrons. The Bertz CT molecular complexity index is 455. The van der Waals surface area contributed by atoms with E-state index in [1.165, 1.54) is 12.8 Å². The van der Waals surface area contributed by atoms with Crippen molar-refractivity contribution in [2.75, 3.05) is 18.0 Å². The molecule has 0 saturated carbocycles. The van der Waals surface area contributed by atoms with Gasteiger partial charge in [0, 0.05) is 18.7 Å². The predicted octanol–water partition coefficient (Wildman–Crippen LogP) is 3.42. The number of aryl methyl sites for hydroxylation is 1. The van der Waals surface area contributed by atoms with Crippen LogP contribution in [0.1, 0.15) is 31.2 Å². The summed E-state index contributed by atoms with van der Waals surface area (Å²) in [6.07, 6.45) is 4.44. The normalized spacial score (nSPS) is 16.4. The molecule has 98 valence electrons. The molecule has 2 rings (SSSR count). The number of hydrogen-bond donors (Lipinski definition) is 0. The van der Waals surface area contributed by atoms with Gasteiger partial charge in [-0.25, -0.2) is 4.39 Å². The summed E-state index contributed by atoms with van der Waals surface area (Å²) < 4.78 is 14.0. The van der Waals surface area contributed by atoms with Crippen LogP contribution in [-0.2, 0) is 0 Å². The van der Waals surface area contributed by atoms with Crippen molar-refractivity contribution in [1.29, 1.82) is 0 Å². The molecule has 4 nitrogen and oxygen atoms in total. The lowest BCUT2D eigenvalue weighted by Crippen LogP contribution is -2.25. The van der Waals surface area contributed by atoms with Crippen LogP contribution >= 0.6 is 0 Å². The molecule has 0 unspecified atom stereocenters. The molecule has 0 aliphatic carbocycles. The second-order valence-electron chi connectivity index (χ2n) is 4.75. The van der Waals surface area contributed by atoms with E-state index in [4.69, 9.17) is 0 Å². The molecule has 0 bridgehead atoms. The van der Waals surface area contributed by atoms with Crippen LogP contribution in [0.15, 0.2) is 12.1 Å². The van der Waals surface area contributed by atoms with Crippen LogP contribution in [0.3, 0.4) is 0 Å². The molecule has 0 spiro atoms. The Labute approximate surface area is 106 Å². The third-order valence-electron chi connectivity index (χ3n) is 3.41. The molecule has 18 heavy (non-hydrogen) atoms. The van der Waals surface area contributed by atoms with Gasteiger partial charge in [0.05, 0.1) is 16.7 Å². The number of nitro groups is 1. The minimum atomic E-state index is -0.537. The zero-order valence-electron chi connectivity index (χ0n) is 10.5. The molecule has 0 N–H and O–H groups in total. The number of hydrogen-bond acceptors (Lipinski definition) is 3. The van der Waals surface area contributed by atoms with Gasteiger partial charge >= 0.3 is 0 Å². The van der Waals surface area contributed by atoms with E-state index in [0.717, 1.165) is 32.0 Å². The molecule has 1 aromatic carbocycles. The van der Waals surface area contributed by atoms with Crippen molar-refractivity contribution in [3.8, 4) is 0 Å². The minimum absolute atomic E-state index is 0.147. The molecule has 1 saturated heterocycles. The van der Waals surface area contributed by atoms with Crippen LogP contribution in [0, 0.1) is 22.9 Å². The van der Waals surface area contributed by atoms with E-state index in [0.29, 0.717) is 11.3 Å². The van der Waals surface area contributed by atoms with Crippen molar-refractivity contribution in [2.24, 2.45) is 0 Å². The summed E-state index contributed by atoms with van der Waals surface area (Å²) in [4.78, 5) is 12.2. The number of rotatable bonds is 2. The highest BCUT2D eigenvalue weighted by Crippen LogP contribution is 2.29. The molecule has 0 aromatic heterocycles. The third-order valence-corrected chi connectivity index (χ3v) is 3.41. The Morgan fingerprint density at radius 2 is 1.83 bits per heavy atom. The van der Waals surface area contributed by atoms with Crippen LogP contribution in [0.25, 0.3) is 0 Å². The zero-order chi connectivity index (χ0) is 13.1. The zero-order valence-corrected chi connectivity index (χ0v) is 10.5. The Kier molecular flexibility index (Phi) is 3.79. The molecular formula is C13H17FN2O2. The summed E-state index contributed by atoms with van der Waals surface area (Å²) in [7, 11) is 0.